The highest BCUT2D eigenvalue weighted by Crippen LogP contribution is 2.35. The largest absolute Gasteiger partial charge is 0.368 e. The second kappa shape index (κ2) is 8.31. The summed E-state index contributed by atoms with van der Waals surface area (Å²) in [5, 5.41) is 5.92. The molecule has 2 saturated carbocycles. The van der Waals surface area contributed by atoms with Crippen molar-refractivity contribution in [2.45, 2.75) is 31.7 Å². The van der Waals surface area contributed by atoms with Crippen molar-refractivity contribution in [3.8, 4) is 0 Å². The topological polar surface area (TPSA) is 108 Å². The zero-order valence-electron chi connectivity index (χ0n) is 16.6. The van der Waals surface area contributed by atoms with Gasteiger partial charge >= 0.3 is 0 Å². The number of nitrogens with one attached hydrogen (secondary N) is 2. The number of hydrogen-bond acceptors (Lipinski definition) is 5. The van der Waals surface area contributed by atoms with Gasteiger partial charge in [0.1, 0.15) is 6.04 Å². The molecule has 1 heterocycles. The average molecular weight is 399 g/mol. The summed E-state index contributed by atoms with van der Waals surface area (Å²) >= 11 is 0. The standard InChI is InChI=1S/C21H29N5O3/c22-21(29)18-11-25(12-19(27)23-9-14-5-6-14)16-3-1-2-4-17(16)26(18)13-20(28)24-10-15-7-8-15/h1-4,14-15,18H,5-13H2,(H2,22,29)(H,23,27)(H,24,28)/t18-/m1/s1. The molecule has 1 aliphatic heterocycles. The minimum atomic E-state index is -0.673. The Morgan fingerprint density at radius 1 is 0.897 bits per heavy atom. The molecule has 0 spiro atoms. The molecule has 0 radical (unpaired) electrons. The van der Waals surface area contributed by atoms with Crippen molar-refractivity contribution in [3.63, 3.8) is 0 Å². The van der Waals surface area contributed by atoms with Gasteiger partial charge in [-0.25, -0.2) is 0 Å². The number of carbonyl (C=O) groups is 3. The fourth-order valence-electron chi connectivity index (χ4n) is 3.74. The van der Waals surface area contributed by atoms with E-state index in [9.17, 15) is 14.4 Å². The Hall–Kier alpha value is -2.77. The van der Waals surface area contributed by atoms with Crippen LogP contribution in [0.3, 0.4) is 0 Å². The van der Waals surface area contributed by atoms with Crippen LogP contribution < -0.4 is 26.2 Å². The van der Waals surface area contributed by atoms with Crippen molar-refractivity contribution in [1.82, 2.24) is 10.6 Å². The van der Waals surface area contributed by atoms with Crippen LogP contribution >= 0.6 is 0 Å². The minimum absolute atomic E-state index is 0.0643. The van der Waals surface area contributed by atoms with E-state index < -0.39 is 11.9 Å². The number of anilines is 2. The van der Waals surface area contributed by atoms with Gasteiger partial charge in [-0.15, -0.1) is 0 Å². The zero-order chi connectivity index (χ0) is 20.4. The van der Waals surface area contributed by atoms with E-state index in [-0.39, 0.29) is 31.4 Å². The summed E-state index contributed by atoms with van der Waals surface area (Å²) < 4.78 is 0. The highest BCUT2D eigenvalue weighted by molar-refractivity contribution is 5.94. The number of hydrogen-bond donors (Lipinski definition) is 3. The Balaban J connectivity index is 1.48. The molecule has 3 aliphatic rings. The summed E-state index contributed by atoms with van der Waals surface area (Å²) in [7, 11) is 0. The molecule has 29 heavy (non-hydrogen) atoms. The molecular formula is C21H29N5O3. The maximum Gasteiger partial charge on any atom is 0.241 e. The molecule has 4 rings (SSSR count). The Kier molecular flexibility index (Phi) is 5.60. The van der Waals surface area contributed by atoms with E-state index in [1.807, 2.05) is 29.2 Å². The first kappa shape index (κ1) is 19.5. The van der Waals surface area contributed by atoms with Gasteiger partial charge in [0.15, 0.2) is 0 Å². The molecule has 2 fully saturated rings. The van der Waals surface area contributed by atoms with E-state index >= 15 is 0 Å². The zero-order valence-corrected chi connectivity index (χ0v) is 16.6. The van der Waals surface area contributed by atoms with Gasteiger partial charge in [-0.3, -0.25) is 14.4 Å². The molecule has 0 bridgehead atoms. The van der Waals surface area contributed by atoms with Crippen molar-refractivity contribution < 1.29 is 14.4 Å². The summed E-state index contributed by atoms with van der Waals surface area (Å²) in [5.41, 5.74) is 7.27. The number of nitrogens with zero attached hydrogens (tertiary/aromatic N) is 2. The Morgan fingerprint density at radius 3 is 2.00 bits per heavy atom. The summed E-state index contributed by atoms with van der Waals surface area (Å²) in [4.78, 5) is 40.7. The van der Waals surface area contributed by atoms with Gasteiger partial charge in [-0.2, -0.15) is 0 Å². The van der Waals surface area contributed by atoms with Crippen LogP contribution in [-0.2, 0) is 14.4 Å². The van der Waals surface area contributed by atoms with Crippen LogP contribution in [0.5, 0.6) is 0 Å². The molecule has 8 heteroatoms. The van der Waals surface area contributed by atoms with Crippen LogP contribution in [0.4, 0.5) is 11.4 Å². The summed E-state index contributed by atoms with van der Waals surface area (Å²) in [5.74, 6) is 0.511. The quantitative estimate of drug-likeness (QED) is 0.551. The van der Waals surface area contributed by atoms with Gasteiger partial charge < -0.3 is 26.2 Å². The molecule has 2 aliphatic carbocycles. The summed E-state index contributed by atoms with van der Waals surface area (Å²) in [6, 6.07) is 6.86. The van der Waals surface area contributed by atoms with Crippen LogP contribution in [0.1, 0.15) is 25.7 Å². The molecule has 8 nitrogen and oxygen atoms in total. The number of fused-ring (bicyclic) bond motifs is 1. The van der Waals surface area contributed by atoms with Crippen LogP contribution in [-0.4, -0.2) is 56.5 Å². The van der Waals surface area contributed by atoms with E-state index in [1.54, 1.807) is 4.90 Å². The first-order valence-electron chi connectivity index (χ1n) is 10.4. The lowest BCUT2D eigenvalue weighted by molar-refractivity contribution is -0.122. The molecule has 0 saturated heterocycles. The second-order valence-corrected chi connectivity index (χ2v) is 8.41. The van der Waals surface area contributed by atoms with Crippen molar-refractivity contribution in [2.24, 2.45) is 17.6 Å². The van der Waals surface area contributed by atoms with Gasteiger partial charge in [-0.05, 0) is 49.7 Å². The summed E-state index contributed by atoms with van der Waals surface area (Å²) in [6.07, 6.45) is 4.67. The molecule has 1 atom stereocenters. The Bertz CT molecular complexity index is 790. The fourth-order valence-corrected chi connectivity index (χ4v) is 3.74. The van der Waals surface area contributed by atoms with Crippen LogP contribution in [0, 0.1) is 11.8 Å². The third kappa shape index (κ3) is 4.99. The maximum absolute atomic E-state index is 12.5. The number of nitrogens with two attached hydrogens (primary N) is 1. The first-order valence-corrected chi connectivity index (χ1v) is 10.4. The van der Waals surface area contributed by atoms with Gasteiger partial charge in [0.25, 0.3) is 0 Å². The lowest BCUT2D eigenvalue weighted by atomic mass is 10.1. The molecular weight excluding hydrogens is 370 g/mol. The number of benzene rings is 1. The third-order valence-electron chi connectivity index (χ3n) is 5.85. The van der Waals surface area contributed by atoms with E-state index in [4.69, 9.17) is 5.73 Å². The first-order chi connectivity index (χ1) is 14.0. The molecule has 3 amide bonds. The van der Waals surface area contributed by atoms with Gasteiger partial charge in [0, 0.05) is 19.6 Å². The van der Waals surface area contributed by atoms with E-state index in [0.29, 0.717) is 24.9 Å². The number of amides is 3. The van der Waals surface area contributed by atoms with E-state index in [1.165, 1.54) is 12.8 Å². The normalized spacial score (nSPS) is 20.8. The monoisotopic (exact) mass is 399 g/mol. The van der Waals surface area contributed by atoms with E-state index in [0.717, 1.165) is 24.2 Å². The Labute approximate surface area is 170 Å². The number of para-hydroxylation sites is 2. The maximum atomic E-state index is 12.5. The van der Waals surface area contributed by atoms with Crippen molar-refractivity contribution in [2.75, 3.05) is 42.5 Å². The number of rotatable bonds is 9. The molecule has 4 N–H and O–H groups in total. The molecule has 156 valence electrons. The smallest absolute Gasteiger partial charge is 0.241 e. The van der Waals surface area contributed by atoms with Crippen molar-refractivity contribution in [3.05, 3.63) is 24.3 Å². The molecule has 1 aromatic carbocycles. The van der Waals surface area contributed by atoms with Gasteiger partial charge in [0.05, 0.1) is 24.5 Å². The lowest BCUT2D eigenvalue weighted by Gasteiger charge is -2.42. The Morgan fingerprint density at radius 2 is 1.45 bits per heavy atom. The summed E-state index contributed by atoms with van der Waals surface area (Å²) in [6.45, 7) is 1.90. The second-order valence-electron chi connectivity index (χ2n) is 8.41. The highest BCUT2D eigenvalue weighted by Gasteiger charge is 2.36. The third-order valence-corrected chi connectivity index (χ3v) is 5.85. The predicted octanol–water partition coefficient (Wildman–Crippen LogP) is 0.219. The average Bonchev–Trinajstić information content (AvgIpc) is 3.61. The van der Waals surface area contributed by atoms with Crippen LogP contribution in [0.15, 0.2) is 24.3 Å². The van der Waals surface area contributed by atoms with E-state index in [2.05, 4.69) is 10.6 Å². The van der Waals surface area contributed by atoms with Gasteiger partial charge in [0.2, 0.25) is 17.7 Å². The molecule has 0 unspecified atom stereocenters. The number of primary amides is 1. The van der Waals surface area contributed by atoms with Gasteiger partial charge in [-0.1, -0.05) is 12.1 Å². The van der Waals surface area contributed by atoms with Crippen LogP contribution in [0.25, 0.3) is 0 Å². The predicted molar refractivity (Wildman–Crippen MR) is 110 cm³/mol. The SMILES string of the molecule is NC(=O)[C@H]1CN(CC(=O)NCC2CC2)c2ccccc2N1CC(=O)NCC1CC1. The lowest BCUT2D eigenvalue weighted by Crippen LogP contribution is -2.58. The minimum Gasteiger partial charge on any atom is -0.368 e. The van der Waals surface area contributed by atoms with Crippen LogP contribution in [0.2, 0.25) is 0 Å². The molecule has 1 aromatic rings. The fraction of sp³-hybridized carbons (Fsp3) is 0.571. The number of carbonyl (C=O) groups excluding carboxylic acids is 3. The van der Waals surface area contributed by atoms with Crippen molar-refractivity contribution in [1.29, 1.82) is 0 Å². The highest BCUT2D eigenvalue weighted by atomic mass is 16.2. The molecule has 0 aromatic heterocycles. The van der Waals surface area contributed by atoms with Crippen molar-refractivity contribution >= 4 is 29.1 Å².